The summed E-state index contributed by atoms with van der Waals surface area (Å²) >= 11 is 0. The predicted octanol–water partition coefficient (Wildman–Crippen LogP) is 4.14. The lowest BCUT2D eigenvalue weighted by molar-refractivity contribution is 0.166. The van der Waals surface area contributed by atoms with Crippen LogP contribution >= 0.6 is 24.0 Å². The van der Waals surface area contributed by atoms with Crippen molar-refractivity contribution in [1.82, 2.24) is 20.4 Å². The Morgan fingerprint density at radius 2 is 1.91 bits per heavy atom. The van der Waals surface area contributed by atoms with Crippen molar-refractivity contribution in [2.45, 2.75) is 33.0 Å². The Labute approximate surface area is 219 Å². The van der Waals surface area contributed by atoms with E-state index in [-0.39, 0.29) is 24.0 Å². The van der Waals surface area contributed by atoms with Gasteiger partial charge in [0.2, 0.25) is 0 Å². The summed E-state index contributed by atoms with van der Waals surface area (Å²) in [5, 5.41) is 11.2. The van der Waals surface area contributed by atoms with Gasteiger partial charge in [-0.2, -0.15) is 5.10 Å². The molecule has 182 valence electrons. The Morgan fingerprint density at radius 1 is 1.12 bits per heavy atom. The summed E-state index contributed by atoms with van der Waals surface area (Å²) in [6.45, 7) is 6.45. The van der Waals surface area contributed by atoms with Crippen LogP contribution in [0, 0.1) is 12.8 Å². The summed E-state index contributed by atoms with van der Waals surface area (Å²) in [5.41, 5.74) is 4.75. The maximum atomic E-state index is 6.17. The molecule has 4 rings (SSSR count). The van der Waals surface area contributed by atoms with Gasteiger partial charge in [0.15, 0.2) is 5.96 Å². The molecule has 8 heteroatoms. The predicted molar refractivity (Wildman–Crippen MR) is 146 cm³/mol. The van der Waals surface area contributed by atoms with E-state index < -0.39 is 0 Å². The van der Waals surface area contributed by atoms with Crippen molar-refractivity contribution in [2.24, 2.45) is 10.9 Å². The molecule has 1 saturated heterocycles. The van der Waals surface area contributed by atoms with Gasteiger partial charge in [-0.25, -0.2) is 0 Å². The average Bonchev–Trinajstić information content (AvgIpc) is 3.54. The number of benzene rings is 2. The van der Waals surface area contributed by atoms with E-state index in [1.54, 1.807) is 13.2 Å². The SMILES string of the molecule is CN=C(NCc1ccccc1Cn1cccn1)NCc1ccc(C)cc1OCC1CCOC1.I. The van der Waals surface area contributed by atoms with E-state index in [1.165, 1.54) is 16.7 Å². The summed E-state index contributed by atoms with van der Waals surface area (Å²) in [6, 6.07) is 16.7. The molecule has 7 nitrogen and oxygen atoms in total. The number of rotatable bonds is 9. The lowest BCUT2D eigenvalue weighted by Gasteiger charge is -2.17. The molecule has 1 unspecified atom stereocenters. The highest BCUT2D eigenvalue weighted by Crippen LogP contribution is 2.22. The number of aryl methyl sites for hydroxylation is 1. The first-order valence-electron chi connectivity index (χ1n) is 11.5. The van der Waals surface area contributed by atoms with Gasteiger partial charge in [0.1, 0.15) is 5.75 Å². The van der Waals surface area contributed by atoms with Crippen LogP contribution in [0.2, 0.25) is 0 Å². The average molecular weight is 575 g/mol. The van der Waals surface area contributed by atoms with Crippen molar-refractivity contribution < 1.29 is 9.47 Å². The van der Waals surface area contributed by atoms with Crippen LogP contribution in [-0.2, 0) is 24.4 Å². The highest BCUT2D eigenvalue weighted by atomic mass is 127. The van der Waals surface area contributed by atoms with E-state index >= 15 is 0 Å². The first-order valence-corrected chi connectivity index (χ1v) is 11.5. The van der Waals surface area contributed by atoms with E-state index in [1.807, 2.05) is 16.9 Å². The van der Waals surface area contributed by atoms with Crippen molar-refractivity contribution in [1.29, 1.82) is 0 Å². The second-order valence-corrected chi connectivity index (χ2v) is 8.40. The molecule has 2 N–H and O–H groups in total. The molecule has 2 heterocycles. The van der Waals surface area contributed by atoms with Crippen LogP contribution in [0.3, 0.4) is 0 Å². The van der Waals surface area contributed by atoms with Gasteiger partial charge in [0.05, 0.1) is 19.8 Å². The fourth-order valence-corrected chi connectivity index (χ4v) is 3.90. The second kappa shape index (κ2) is 13.3. The number of hydrogen-bond donors (Lipinski definition) is 2. The Morgan fingerprint density at radius 3 is 2.62 bits per heavy atom. The number of hydrogen-bond acceptors (Lipinski definition) is 4. The zero-order chi connectivity index (χ0) is 22.9. The highest BCUT2D eigenvalue weighted by molar-refractivity contribution is 14.0. The number of aromatic nitrogens is 2. The third kappa shape index (κ3) is 7.46. The fraction of sp³-hybridized carbons (Fsp3) is 0.385. The van der Waals surface area contributed by atoms with Crippen molar-refractivity contribution in [3.05, 3.63) is 83.2 Å². The minimum absolute atomic E-state index is 0. The third-order valence-corrected chi connectivity index (χ3v) is 5.85. The number of nitrogens with one attached hydrogen (secondary N) is 2. The van der Waals surface area contributed by atoms with Crippen molar-refractivity contribution >= 4 is 29.9 Å². The number of nitrogens with zero attached hydrogens (tertiary/aromatic N) is 3. The lowest BCUT2D eigenvalue weighted by atomic mass is 10.1. The van der Waals surface area contributed by atoms with Gasteiger partial charge in [-0.05, 0) is 42.2 Å². The van der Waals surface area contributed by atoms with E-state index in [0.29, 0.717) is 25.6 Å². The van der Waals surface area contributed by atoms with Crippen LogP contribution in [0.1, 0.15) is 28.7 Å². The Kier molecular flexibility index (Phi) is 10.2. The van der Waals surface area contributed by atoms with Crippen LogP contribution in [0.5, 0.6) is 5.75 Å². The van der Waals surface area contributed by atoms with E-state index in [4.69, 9.17) is 9.47 Å². The van der Waals surface area contributed by atoms with Gasteiger partial charge < -0.3 is 20.1 Å². The van der Waals surface area contributed by atoms with Gasteiger partial charge >= 0.3 is 0 Å². The molecular weight excluding hydrogens is 541 g/mol. The summed E-state index contributed by atoms with van der Waals surface area (Å²) < 4.78 is 13.6. The standard InChI is InChI=1S/C26H33N5O2.HI/c1-20-8-9-23(25(14-20)33-19-21-10-13-32-18-21)16-29-26(27-2)28-15-22-6-3-4-7-24(22)17-31-12-5-11-30-31;/h3-9,11-12,14,21H,10,13,15-19H2,1-2H3,(H2,27,28,29);1H. The second-order valence-electron chi connectivity index (χ2n) is 8.40. The van der Waals surface area contributed by atoms with Crippen LogP contribution < -0.4 is 15.4 Å². The molecule has 1 fully saturated rings. The van der Waals surface area contributed by atoms with Crippen LogP contribution in [0.15, 0.2) is 65.9 Å². The topological polar surface area (TPSA) is 72.7 Å². The molecule has 34 heavy (non-hydrogen) atoms. The molecular formula is C26H34IN5O2. The van der Waals surface area contributed by atoms with E-state index in [0.717, 1.165) is 43.5 Å². The number of aliphatic imine (C=N–C) groups is 1. The minimum Gasteiger partial charge on any atom is -0.493 e. The van der Waals surface area contributed by atoms with E-state index in [9.17, 15) is 0 Å². The molecule has 3 aromatic rings. The van der Waals surface area contributed by atoms with Crippen molar-refractivity contribution in [2.75, 3.05) is 26.9 Å². The zero-order valence-corrected chi connectivity index (χ0v) is 22.2. The molecule has 2 aromatic carbocycles. The van der Waals surface area contributed by atoms with Crippen LogP contribution in [0.25, 0.3) is 0 Å². The number of guanidine groups is 1. The minimum atomic E-state index is 0. The maximum Gasteiger partial charge on any atom is 0.191 e. The first kappa shape index (κ1) is 26.0. The monoisotopic (exact) mass is 575 g/mol. The highest BCUT2D eigenvalue weighted by Gasteiger charge is 2.17. The molecule has 0 aliphatic carbocycles. The van der Waals surface area contributed by atoms with Crippen LogP contribution in [0.4, 0.5) is 0 Å². The Hall–Kier alpha value is -2.59. The molecule has 0 amide bonds. The van der Waals surface area contributed by atoms with Crippen molar-refractivity contribution in [3.63, 3.8) is 0 Å². The van der Waals surface area contributed by atoms with Gasteiger partial charge in [-0.3, -0.25) is 9.67 Å². The Balaban J connectivity index is 0.00000324. The fourth-order valence-electron chi connectivity index (χ4n) is 3.90. The summed E-state index contributed by atoms with van der Waals surface area (Å²) in [7, 11) is 1.79. The first-order chi connectivity index (χ1) is 16.2. The number of ether oxygens (including phenoxy) is 2. The summed E-state index contributed by atoms with van der Waals surface area (Å²) in [6.07, 6.45) is 4.85. The molecule has 1 aliphatic heterocycles. The summed E-state index contributed by atoms with van der Waals surface area (Å²) in [4.78, 5) is 4.40. The molecule has 1 atom stereocenters. The quantitative estimate of drug-likeness (QED) is 0.228. The van der Waals surface area contributed by atoms with Gasteiger partial charge in [-0.15, -0.1) is 24.0 Å². The molecule has 0 bridgehead atoms. The molecule has 1 aromatic heterocycles. The maximum absolute atomic E-state index is 6.17. The lowest BCUT2D eigenvalue weighted by Crippen LogP contribution is -2.36. The van der Waals surface area contributed by atoms with Crippen LogP contribution in [-0.4, -0.2) is 42.6 Å². The number of halogens is 1. The molecule has 1 aliphatic rings. The van der Waals surface area contributed by atoms with Gasteiger partial charge in [0, 0.05) is 50.6 Å². The largest absolute Gasteiger partial charge is 0.493 e. The smallest absolute Gasteiger partial charge is 0.191 e. The van der Waals surface area contributed by atoms with Gasteiger partial charge in [0.25, 0.3) is 0 Å². The third-order valence-electron chi connectivity index (χ3n) is 5.85. The Bertz CT molecular complexity index is 1050. The zero-order valence-electron chi connectivity index (χ0n) is 19.9. The van der Waals surface area contributed by atoms with Gasteiger partial charge in [-0.1, -0.05) is 36.4 Å². The molecule has 0 spiro atoms. The van der Waals surface area contributed by atoms with E-state index in [2.05, 4.69) is 70.1 Å². The normalized spacial score (nSPS) is 15.6. The molecule has 0 radical (unpaired) electrons. The summed E-state index contributed by atoms with van der Waals surface area (Å²) in [5.74, 6) is 2.15. The molecule has 0 saturated carbocycles. The van der Waals surface area contributed by atoms with Crippen molar-refractivity contribution in [3.8, 4) is 5.75 Å².